The van der Waals surface area contributed by atoms with E-state index in [1.165, 1.54) is 13.8 Å². The molecule has 0 rings (SSSR count). The van der Waals surface area contributed by atoms with E-state index in [9.17, 15) is 29.1 Å². The Hall–Kier alpha value is -2.73. The van der Waals surface area contributed by atoms with Gasteiger partial charge in [0.25, 0.3) is 0 Å². The van der Waals surface area contributed by atoms with Crippen molar-refractivity contribution in [2.45, 2.75) is 50.9 Å². The number of carbonyl (C=O) groups is 5. The first-order chi connectivity index (χ1) is 12.0. The molecule has 0 aromatic rings. The molecule has 0 aromatic heterocycles. The topological polar surface area (TPSA) is 208 Å². The van der Waals surface area contributed by atoms with Crippen LogP contribution >= 0.6 is 0 Å². The maximum atomic E-state index is 12.1. The van der Waals surface area contributed by atoms with Crippen molar-refractivity contribution >= 4 is 29.7 Å². The highest BCUT2D eigenvalue weighted by molar-refractivity contribution is 5.93. The lowest BCUT2D eigenvalue weighted by atomic mass is 10.1. The van der Waals surface area contributed by atoms with Crippen LogP contribution in [0.15, 0.2) is 0 Å². The molecule has 0 spiro atoms. The average Bonchev–Trinajstić information content (AvgIpc) is 2.54. The van der Waals surface area contributed by atoms with Gasteiger partial charge in [-0.1, -0.05) is 0 Å². The first kappa shape index (κ1) is 23.3. The molecule has 12 heteroatoms. The van der Waals surface area contributed by atoms with Crippen LogP contribution < -0.4 is 21.7 Å². The van der Waals surface area contributed by atoms with E-state index in [2.05, 4.69) is 10.6 Å². The minimum Gasteiger partial charge on any atom is -0.481 e. The third-order valence-electron chi connectivity index (χ3n) is 3.23. The third-order valence-corrected chi connectivity index (χ3v) is 3.23. The molecule has 0 aliphatic carbocycles. The second-order valence-electron chi connectivity index (χ2n) is 5.61. The van der Waals surface area contributed by atoms with E-state index in [1.54, 1.807) is 0 Å². The van der Waals surface area contributed by atoms with Gasteiger partial charge in [-0.3, -0.25) is 24.0 Å². The van der Waals surface area contributed by atoms with Gasteiger partial charge in [0.05, 0.1) is 12.1 Å². The number of carboxylic acids is 2. The molecule has 0 aliphatic rings. The Morgan fingerprint density at radius 1 is 0.923 bits per heavy atom. The normalized spacial score (nSPS) is 15.1. The quantitative estimate of drug-likeness (QED) is 0.193. The molecular formula is C14H24N4O8. The Morgan fingerprint density at radius 3 is 1.96 bits per heavy atom. The van der Waals surface area contributed by atoms with E-state index in [4.69, 9.17) is 15.9 Å². The molecule has 3 amide bonds. The summed E-state index contributed by atoms with van der Waals surface area (Å²) in [6.07, 6.45) is -1.76. The molecule has 4 unspecified atom stereocenters. The molecule has 0 bridgehead atoms. The van der Waals surface area contributed by atoms with Crippen molar-refractivity contribution in [3.05, 3.63) is 0 Å². The second-order valence-corrected chi connectivity index (χ2v) is 5.61. The van der Waals surface area contributed by atoms with E-state index >= 15 is 0 Å². The van der Waals surface area contributed by atoms with Crippen molar-refractivity contribution in [1.29, 1.82) is 0 Å². The lowest BCUT2D eigenvalue weighted by Crippen LogP contribution is -2.58. The summed E-state index contributed by atoms with van der Waals surface area (Å²) in [5.41, 5.74) is 5.51. The molecule has 0 saturated heterocycles. The van der Waals surface area contributed by atoms with Gasteiger partial charge in [-0.2, -0.15) is 0 Å². The highest BCUT2D eigenvalue weighted by Crippen LogP contribution is 1.98. The number of nitrogens with one attached hydrogen (secondary N) is 3. The maximum Gasteiger partial charge on any atom is 0.322 e. The minimum atomic E-state index is -1.43. The lowest BCUT2D eigenvalue weighted by molar-refractivity contribution is -0.139. The molecule has 0 heterocycles. The van der Waals surface area contributed by atoms with Crippen LogP contribution in [0, 0.1) is 0 Å². The fraction of sp³-hybridized carbons (Fsp3) is 0.643. The number of aliphatic hydroxyl groups excluding tert-OH is 1. The van der Waals surface area contributed by atoms with Crippen molar-refractivity contribution in [2.75, 3.05) is 6.54 Å². The summed E-state index contributed by atoms with van der Waals surface area (Å²) in [5.74, 6) is -4.90. The summed E-state index contributed by atoms with van der Waals surface area (Å²) in [7, 11) is 0. The van der Waals surface area contributed by atoms with Gasteiger partial charge in [0.15, 0.2) is 0 Å². The van der Waals surface area contributed by atoms with Crippen molar-refractivity contribution in [1.82, 2.24) is 16.0 Å². The van der Waals surface area contributed by atoms with Gasteiger partial charge in [0.2, 0.25) is 17.7 Å². The largest absolute Gasteiger partial charge is 0.481 e. The van der Waals surface area contributed by atoms with Gasteiger partial charge in [-0.05, 0) is 20.3 Å². The summed E-state index contributed by atoms with van der Waals surface area (Å²) in [5, 5.41) is 33.1. The Kier molecular flexibility index (Phi) is 9.84. The van der Waals surface area contributed by atoms with Crippen molar-refractivity contribution in [2.24, 2.45) is 5.73 Å². The molecule has 12 nitrogen and oxygen atoms in total. The van der Waals surface area contributed by atoms with Gasteiger partial charge >= 0.3 is 11.9 Å². The van der Waals surface area contributed by atoms with Crippen LogP contribution in [0.25, 0.3) is 0 Å². The summed E-state index contributed by atoms with van der Waals surface area (Å²) in [4.78, 5) is 56.6. The van der Waals surface area contributed by atoms with Crippen LogP contribution in [0.4, 0.5) is 0 Å². The van der Waals surface area contributed by atoms with Crippen LogP contribution in [0.3, 0.4) is 0 Å². The Bertz CT molecular complexity index is 551. The number of amides is 3. The third kappa shape index (κ3) is 8.94. The number of hydrogen-bond donors (Lipinski definition) is 7. The van der Waals surface area contributed by atoms with E-state index in [0.29, 0.717) is 0 Å². The first-order valence-corrected chi connectivity index (χ1v) is 7.71. The number of carbonyl (C=O) groups excluding carboxylic acids is 3. The summed E-state index contributed by atoms with van der Waals surface area (Å²) in [6.45, 7) is 1.82. The van der Waals surface area contributed by atoms with Crippen LogP contribution in [0.5, 0.6) is 0 Å². The zero-order valence-electron chi connectivity index (χ0n) is 14.4. The predicted octanol–water partition coefficient (Wildman–Crippen LogP) is -3.25. The van der Waals surface area contributed by atoms with E-state index in [1.807, 2.05) is 5.32 Å². The highest BCUT2D eigenvalue weighted by atomic mass is 16.4. The molecule has 0 saturated carbocycles. The summed E-state index contributed by atoms with van der Waals surface area (Å²) >= 11 is 0. The van der Waals surface area contributed by atoms with Crippen molar-refractivity contribution in [3.63, 3.8) is 0 Å². The Labute approximate surface area is 149 Å². The molecule has 8 N–H and O–H groups in total. The fourth-order valence-corrected chi connectivity index (χ4v) is 1.75. The zero-order chi connectivity index (χ0) is 20.4. The monoisotopic (exact) mass is 376 g/mol. The number of carboxylic acid groups (broad SMARTS) is 2. The smallest absolute Gasteiger partial charge is 0.322 e. The minimum absolute atomic E-state index is 0.122. The Balaban J connectivity index is 4.68. The number of aliphatic hydroxyl groups is 1. The first-order valence-electron chi connectivity index (χ1n) is 7.71. The molecule has 148 valence electrons. The summed E-state index contributed by atoms with van der Waals surface area (Å²) in [6, 6.07) is -3.69. The average molecular weight is 376 g/mol. The molecular weight excluding hydrogens is 352 g/mol. The number of hydrogen-bond acceptors (Lipinski definition) is 7. The molecule has 4 atom stereocenters. The molecule has 0 aliphatic heterocycles. The molecule has 0 aromatic carbocycles. The predicted molar refractivity (Wildman–Crippen MR) is 86.7 cm³/mol. The highest BCUT2D eigenvalue weighted by Gasteiger charge is 2.28. The number of nitrogens with two attached hydrogens (primary N) is 1. The fourth-order valence-electron chi connectivity index (χ4n) is 1.75. The van der Waals surface area contributed by atoms with Crippen molar-refractivity contribution < 1.29 is 39.3 Å². The van der Waals surface area contributed by atoms with Crippen LogP contribution in [0.2, 0.25) is 0 Å². The standard InChI is InChI=1S/C14H24N4O8/c1-6(17-13(25)8(15)3-4-9(20)21)12(24)18-11(7(2)19)14(26)16-5-10(22)23/h6-8,11,19H,3-5,15H2,1-2H3,(H,16,26)(H,17,25)(H,18,24)(H,20,21)(H,22,23). The maximum absolute atomic E-state index is 12.1. The molecule has 0 radical (unpaired) electrons. The van der Waals surface area contributed by atoms with Crippen molar-refractivity contribution in [3.8, 4) is 0 Å². The van der Waals surface area contributed by atoms with Crippen LogP contribution in [0.1, 0.15) is 26.7 Å². The Morgan fingerprint density at radius 2 is 1.50 bits per heavy atom. The lowest BCUT2D eigenvalue weighted by Gasteiger charge is -2.23. The van der Waals surface area contributed by atoms with E-state index in [0.717, 1.165) is 0 Å². The molecule has 0 fully saturated rings. The number of aliphatic carboxylic acids is 2. The van der Waals surface area contributed by atoms with Crippen LogP contribution in [-0.4, -0.2) is 75.8 Å². The van der Waals surface area contributed by atoms with Gasteiger partial charge in [0.1, 0.15) is 18.6 Å². The van der Waals surface area contributed by atoms with Gasteiger partial charge in [-0.25, -0.2) is 0 Å². The summed E-state index contributed by atoms with van der Waals surface area (Å²) < 4.78 is 0. The zero-order valence-corrected chi connectivity index (χ0v) is 14.4. The van der Waals surface area contributed by atoms with E-state index < -0.39 is 60.4 Å². The van der Waals surface area contributed by atoms with Crippen LogP contribution in [-0.2, 0) is 24.0 Å². The SMILES string of the molecule is CC(NC(=O)C(N)CCC(=O)O)C(=O)NC(C(=O)NCC(=O)O)C(C)O. The second kappa shape index (κ2) is 11.0. The molecule has 26 heavy (non-hydrogen) atoms. The van der Waals surface area contributed by atoms with Gasteiger partial charge in [0, 0.05) is 6.42 Å². The van der Waals surface area contributed by atoms with Gasteiger partial charge < -0.3 is 37.0 Å². The van der Waals surface area contributed by atoms with Gasteiger partial charge in [-0.15, -0.1) is 0 Å². The number of rotatable bonds is 11. The van der Waals surface area contributed by atoms with E-state index in [-0.39, 0.29) is 12.8 Å².